The van der Waals surface area contributed by atoms with Gasteiger partial charge >= 0.3 is 0 Å². The number of carbonyl (C=O) groups is 1. The second-order valence-electron chi connectivity index (χ2n) is 7.06. The Morgan fingerprint density at radius 2 is 1.89 bits per heavy atom. The lowest BCUT2D eigenvalue weighted by atomic mass is 10.1. The largest absolute Gasteiger partial charge is 0.387 e. The summed E-state index contributed by atoms with van der Waals surface area (Å²) in [6.07, 6.45) is -1.06. The van der Waals surface area contributed by atoms with Crippen LogP contribution in [0.2, 0.25) is 0 Å². The minimum absolute atomic E-state index is 0.110. The van der Waals surface area contributed by atoms with Crippen molar-refractivity contribution in [2.24, 2.45) is 5.92 Å². The zero-order chi connectivity index (χ0) is 20.3. The molecule has 3 rings (SSSR count). The molecule has 0 aliphatic rings. The van der Waals surface area contributed by atoms with Crippen LogP contribution in [0.4, 0.5) is 4.39 Å². The van der Waals surface area contributed by atoms with Gasteiger partial charge < -0.3 is 10.4 Å². The maximum absolute atomic E-state index is 13.3. The highest BCUT2D eigenvalue weighted by Crippen LogP contribution is 2.16. The van der Waals surface area contributed by atoms with Crippen molar-refractivity contribution in [2.45, 2.75) is 26.5 Å². The van der Waals surface area contributed by atoms with Crippen molar-refractivity contribution in [3.63, 3.8) is 0 Å². The predicted molar refractivity (Wildman–Crippen MR) is 105 cm³/mol. The Labute approximate surface area is 161 Å². The Balaban J connectivity index is 1.88. The number of halogens is 1. The fourth-order valence-corrected chi connectivity index (χ4v) is 2.98. The summed E-state index contributed by atoms with van der Waals surface area (Å²) in [5.74, 6) is -0.794. The van der Waals surface area contributed by atoms with Crippen LogP contribution in [0.25, 0.3) is 10.8 Å². The van der Waals surface area contributed by atoms with E-state index in [0.29, 0.717) is 22.9 Å². The van der Waals surface area contributed by atoms with E-state index in [9.17, 15) is 19.1 Å². The average Bonchev–Trinajstić information content (AvgIpc) is 2.67. The first-order valence-electron chi connectivity index (χ1n) is 9.08. The minimum atomic E-state index is -1.06. The molecule has 1 heterocycles. The molecule has 1 unspecified atom stereocenters. The summed E-state index contributed by atoms with van der Waals surface area (Å²) in [6, 6.07) is 12.4. The summed E-state index contributed by atoms with van der Waals surface area (Å²) in [7, 11) is 0. The molecule has 0 fully saturated rings. The monoisotopic (exact) mass is 383 g/mol. The highest BCUT2D eigenvalue weighted by molar-refractivity contribution is 6.04. The third kappa shape index (κ3) is 4.26. The highest BCUT2D eigenvalue weighted by Gasteiger charge is 2.18. The van der Waals surface area contributed by atoms with Crippen LogP contribution in [0.15, 0.2) is 53.3 Å². The number of hydrogen-bond acceptors (Lipinski definition) is 4. The van der Waals surface area contributed by atoms with Crippen molar-refractivity contribution in [3.8, 4) is 0 Å². The molecule has 0 saturated heterocycles. The second kappa shape index (κ2) is 8.31. The number of fused-ring (bicyclic) bond motifs is 1. The maximum atomic E-state index is 13.3. The van der Waals surface area contributed by atoms with E-state index in [0.717, 1.165) is 0 Å². The van der Waals surface area contributed by atoms with E-state index in [1.54, 1.807) is 30.3 Å². The summed E-state index contributed by atoms with van der Waals surface area (Å²) in [5.41, 5.74) is 0.228. The quantitative estimate of drug-likeness (QED) is 0.685. The Morgan fingerprint density at radius 1 is 1.18 bits per heavy atom. The Bertz CT molecular complexity index is 1060. The van der Waals surface area contributed by atoms with E-state index < -0.39 is 17.8 Å². The Morgan fingerprint density at radius 3 is 2.57 bits per heavy atom. The Kier molecular flexibility index (Phi) is 5.84. The van der Waals surface area contributed by atoms with Crippen LogP contribution in [-0.2, 0) is 6.54 Å². The molecule has 1 amide bonds. The molecule has 7 heteroatoms. The van der Waals surface area contributed by atoms with E-state index in [4.69, 9.17) is 0 Å². The molecule has 1 atom stereocenters. The van der Waals surface area contributed by atoms with Crippen molar-refractivity contribution >= 4 is 16.7 Å². The first-order valence-corrected chi connectivity index (χ1v) is 9.08. The molecule has 2 N–H and O–H groups in total. The lowest BCUT2D eigenvalue weighted by molar-refractivity contribution is 0.0910. The van der Waals surface area contributed by atoms with E-state index in [-0.39, 0.29) is 23.7 Å². The number of nitrogens with zero attached hydrogens (tertiary/aromatic N) is 2. The van der Waals surface area contributed by atoms with Crippen LogP contribution < -0.4 is 10.9 Å². The SMILES string of the molecule is CC(C)Cn1nc(C(=O)NCC(O)c2cccc(F)c2)c2ccccc2c1=O. The van der Waals surface area contributed by atoms with Crippen molar-refractivity contribution in [2.75, 3.05) is 6.54 Å². The molecule has 0 saturated carbocycles. The summed E-state index contributed by atoms with van der Waals surface area (Å²) in [5, 5.41) is 18.0. The van der Waals surface area contributed by atoms with Gasteiger partial charge in [0.1, 0.15) is 5.82 Å². The lowest BCUT2D eigenvalue weighted by Gasteiger charge is -2.15. The van der Waals surface area contributed by atoms with E-state index in [2.05, 4.69) is 10.4 Å². The molecule has 0 spiro atoms. The number of rotatable bonds is 6. The molecule has 3 aromatic rings. The molecule has 1 aromatic heterocycles. The lowest BCUT2D eigenvalue weighted by Crippen LogP contribution is -2.33. The van der Waals surface area contributed by atoms with Crippen molar-refractivity contribution in [1.29, 1.82) is 0 Å². The fourth-order valence-electron chi connectivity index (χ4n) is 2.98. The number of carbonyl (C=O) groups excluding carboxylic acids is 1. The van der Waals surface area contributed by atoms with Gasteiger partial charge in [-0.05, 0) is 29.7 Å². The topological polar surface area (TPSA) is 84.2 Å². The van der Waals surface area contributed by atoms with Gasteiger partial charge in [0.05, 0.1) is 11.5 Å². The summed E-state index contributed by atoms with van der Waals surface area (Å²) in [4.78, 5) is 25.4. The van der Waals surface area contributed by atoms with Gasteiger partial charge in [0, 0.05) is 18.5 Å². The third-order valence-corrected chi connectivity index (χ3v) is 4.31. The fraction of sp³-hybridized carbons (Fsp3) is 0.286. The van der Waals surface area contributed by atoms with Crippen LogP contribution >= 0.6 is 0 Å². The molecule has 146 valence electrons. The maximum Gasteiger partial charge on any atom is 0.274 e. The normalized spacial score (nSPS) is 12.3. The van der Waals surface area contributed by atoms with Gasteiger partial charge in [0.2, 0.25) is 0 Å². The molecule has 2 aromatic carbocycles. The van der Waals surface area contributed by atoms with Gasteiger partial charge in [-0.3, -0.25) is 9.59 Å². The van der Waals surface area contributed by atoms with Gasteiger partial charge in [0.15, 0.2) is 5.69 Å². The highest BCUT2D eigenvalue weighted by atomic mass is 19.1. The molecular weight excluding hydrogens is 361 g/mol. The average molecular weight is 383 g/mol. The van der Waals surface area contributed by atoms with Crippen LogP contribution in [0.5, 0.6) is 0 Å². The van der Waals surface area contributed by atoms with E-state index >= 15 is 0 Å². The number of hydrogen-bond donors (Lipinski definition) is 2. The van der Waals surface area contributed by atoms with Crippen LogP contribution in [0.3, 0.4) is 0 Å². The smallest absolute Gasteiger partial charge is 0.274 e. The van der Waals surface area contributed by atoms with Crippen LogP contribution in [-0.4, -0.2) is 27.3 Å². The molecule has 0 bridgehead atoms. The third-order valence-electron chi connectivity index (χ3n) is 4.31. The zero-order valence-electron chi connectivity index (χ0n) is 15.7. The summed E-state index contributed by atoms with van der Waals surface area (Å²) < 4.78 is 14.6. The van der Waals surface area contributed by atoms with Crippen molar-refractivity contribution < 1.29 is 14.3 Å². The summed E-state index contributed by atoms with van der Waals surface area (Å²) in [6.45, 7) is 4.19. The zero-order valence-corrected chi connectivity index (χ0v) is 15.7. The molecule has 6 nitrogen and oxygen atoms in total. The molecule has 0 aliphatic carbocycles. The summed E-state index contributed by atoms with van der Waals surface area (Å²) >= 11 is 0. The van der Waals surface area contributed by atoms with Gasteiger partial charge in [-0.2, -0.15) is 5.10 Å². The first-order chi connectivity index (χ1) is 13.4. The number of benzene rings is 2. The van der Waals surface area contributed by atoms with E-state index in [1.807, 2.05) is 13.8 Å². The number of amides is 1. The van der Waals surface area contributed by atoms with E-state index in [1.165, 1.54) is 22.9 Å². The van der Waals surface area contributed by atoms with Crippen LogP contribution in [0.1, 0.15) is 36.0 Å². The standard InChI is InChI=1S/C21H22FN3O3/c1-13(2)12-25-21(28)17-9-4-3-8-16(17)19(24-25)20(27)23-11-18(26)14-6-5-7-15(22)10-14/h3-10,13,18,26H,11-12H2,1-2H3,(H,23,27). The predicted octanol–water partition coefficient (Wildman–Crippen LogP) is 2.66. The van der Waals surface area contributed by atoms with Gasteiger partial charge in [-0.25, -0.2) is 9.07 Å². The van der Waals surface area contributed by atoms with Crippen molar-refractivity contribution in [1.82, 2.24) is 15.1 Å². The van der Waals surface area contributed by atoms with Crippen LogP contribution in [0, 0.1) is 11.7 Å². The van der Waals surface area contributed by atoms with Gasteiger partial charge in [0.25, 0.3) is 11.5 Å². The second-order valence-corrected chi connectivity index (χ2v) is 7.06. The molecule has 0 aliphatic heterocycles. The Hall–Kier alpha value is -3.06. The number of aliphatic hydroxyl groups is 1. The number of nitrogens with one attached hydrogen (secondary N) is 1. The first kappa shape index (κ1) is 19.7. The number of aliphatic hydroxyl groups excluding tert-OH is 1. The van der Waals surface area contributed by atoms with Crippen molar-refractivity contribution in [3.05, 3.63) is 76.0 Å². The van der Waals surface area contributed by atoms with Gasteiger partial charge in [-0.1, -0.05) is 44.2 Å². The molecule has 28 heavy (non-hydrogen) atoms. The molecular formula is C21H22FN3O3. The van der Waals surface area contributed by atoms with Gasteiger partial charge in [-0.15, -0.1) is 0 Å². The molecule has 0 radical (unpaired) electrons. The minimum Gasteiger partial charge on any atom is -0.387 e. The number of aromatic nitrogens is 2.